The van der Waals surface area contributed by atoms with Crippen molar-refractivity contribution in [3.05, 3.63) is 23.5 Å². The van der Waals surface area contributed by atoms with E-state index in [4.69, 9.17) is 21.5 Å². The molecule has 0 aliphatic heterocycles. The molecule has 0 saturated carbocycles. The third kappa shape index (κ3) is 2.96. The van der Waals surface area contributed by atoms with Crippen LogP contribution in [0.1, 0.15) is 0 Å². The van der Waals surface area contributed by atoms with Gasteiger partial charge in [0.2, 0.25) is 0 Å². The average molecular weight is 318 g/mol. The second-order valence-corrected chi connectivity index (χ2v) is 5.71. The minimum atomic E-state index is -3.99. The van der Waals surface area contributed by atoms with Gasteiger partial charge < -0.3 is 4.74 Å². The molecule has 0 aromatic carbocycles. The number of methoxy groups -OCH3 is 1. The highest BCUT2D eigenvalue weighted by Crippen LogP contribution is 2.26. The van der Waals surface area contributed by atoms with Crippen molar-refractivity contribution in [2.45, 2.75) is 11.7 Å². The number of pyridine rings is 1. The van der Waals surface area contributed by atoms with Crippen LogP contribution in [0.3, 0.4) is 0 Å². The van der Waals surface area contributed by atoms with E-state index in [1.54, 1.807) is 6.07 Å². The van der Waals surface area contributed by atoms with Gasteiger partial charge in [0.15, 0.2) is 5.82 Å². The predicted molar refractivity (Wildman–Crippen MR) is 71.5 cm³/mol. The van der Waals surface area contributed by atoms with Crippen molar-refractivity contribution in [2.75, 3.05) is 13.7 Å². The topological polar surface area (TPSA) is 113 Å². The Morgan fingerprint density at radius 3 is 2.80 bits per heavy atom. The molecule has 0 radical (unpaired) electrons. The normalized spacial score (nSPS) is 11.8. The summed E-state index contributed by atoms with van der Waals surface area (Å²) in [6.45, 7) is 0.500. The van der Waals surface area contributed by atoms with Gasteiger partial charge in [0.05, 0.1) is 18.2 Å². The smallest absolute Gasteiger partial charge is 0.273 e. The molecule has 8 nitrogen and oxygen atoms in total. The summed E-state index contributed by atoms with van der Waals surface area (Å²) in [6.07, 6.45) is 2.95. The predicted octanol–water partition coefficient (Wildman–Crippen LogP) is 0.287. The van der Waals surface area contributed by atoms with E-state index < -0.39 is 10.0 Å². The quantitative estimate of drug-likeness (QED) is 0.847. The van der Waals surface area contributed by atoms with E-state index in [-0.39, 0.29) is 18.3 Å². The van der Waals surface area contributed by atoms with Crippen LogP contribution < -0.4 is 5.14 Å². The van der Waals surface area contributed by atoms with Crippen molar-refractivity contribution in [1.29, 1.82) is 0 Å². The van der Waals surface area contributed by atoms with E-state index in [2.05, 4.69) is 15.2 Å². The molecule has 20 heavy (non-hydrogen) atoms. The number of hydrogen-bond acceptors (Lipinski definition) is 6. The van der Waals surface area contributed by atoms with Crippen LogP contribution in [-0.2, 0) is 21.3 Å². The second kappa shape index (κ2) is 5.83. The summed E-state index contributed by atoms with van der Waals surface area (Å²) in [5, 5.41) is 12.6. The Bertz CT molecular complexity index is 715. The van der Waals surface area contributed by atoms with Crippen LogP contribution in [0.25, 0.3) is 11.4 Å². The second-order valence-electron chi connectivity index (χ2n) is 3.85. The van der Waals surface area contributed by atoms with Gasteiger partial charge in [-0.2, -0.15) is 0 Å². The average Bonchev–Trinajstić information content (AvgIpc) is 2.80. The Balaban J connectivity index is 2.60. The molecule has 2 heterocycles. The summed E-state index contributed by atoms with van der Waals surface area (Å²) in [4.78, 5) is 3.86. The zero-order valence-corrected chi connectivity index (χ0v) is 12.1. The number of halogens is 1. The molecule has 2 rings (SSSR count). The van der Waals surface area contributed by atoms with Gasteiger partial charge in [-0.25, -0.2) is 13.6 Å². The minimum absolute atomic E-state index is 0.225. The molecule has 108 valence electrons. The summed E-state index contributed by atoms with van der Waals surface area (Å²) in [5.41, 5.74) is 0.514. The molecule has 0 saturated heterocycles. The van der Waals surface area contributed by atoms with Crippen LogP contribution in [0.4, 0.5) is 0 Å². The Kier molecular flexibility index (Phi) is 4.33. The Morgan fingerprint density at radius 2 is 2.20 bits per heavy atom. The minimum Gasteiger partial charge on any atom is -0.383 e. The third-order valence-corrected chi connectivity index (χ3v) is 3.62. The summed E-state index contributed by atoms with van der Waals surface area (Å²) in [7, 11) is -2.49. The summed E-state index contributed by atoms with van der Waals surface area (Å²) < 4.78 is 29.3. The van der Waals surface area contributed by atoms with Gasteiger partial charge in [-0.1, -0.05) is 11.6 Å². The first-order valence-corrected chi connectivity index (χ1v) is 7.42. The number of sulfonamides is 1. The van der Waals surface area contributed by atoms with Crippen molar-refractivity contribution < 1.29 is 13.2 Å². The van der Waals surface area contributed by atoms with E-state index in [1.807, 2.05) is 0 Å². The fourth-order valence-corrected chi connectivity index (χ4v) is 2.48. The largest absolute Gasteiger partial charge is 0.383 e. The third-order valence-electron chi connectivity index (χ3n) is 2.50. The Labute approximate surface area is 120 Å². The van der Waals surface area contributed by atoms with E-state index in [9.17, 15) is 8.42 Å². The highest BCUT2D eigenvalue weighted by atomic mass is 35.5. The summed E-state index contributed by atoms with van der Waals surface area (Å²) in [6, 6.07) is 1.61. The number of hydrogen-bond donors (Lipinski definition) is 1. The molecule has 2 N–H and O–H groups in total. The molecule has 10 heteroatoms. The number of primary sulfonamides is 1. The van der Waals surface area contributed by atoms with Crippen LogP contribution in [-0.4, -0.2) is 41.9 Å². The van der Waals surface area contributed by atoms with E-state index in [0.717, 1.165) is 0 Å². The molecule has 0 unspecified atom stereocenters. The zero-order valence-electron chi connectivity index (χ0n) is 10.5. The molecule has 2 aromatic heterocycles. The fraction of sp³-hybridized carbons (Fsp3) is 0.300. The maximum absolute atomic E-state index is 11.5. The van der Waals surface area contributed by atoms with Crippen molar-refractivity contribution in [3.63, 3.8) is 0 Å². The molecule has 0 amide bonds. The van der Waals surface area contributed by atoms with Crippen LogP contribution in [0.2, 0.25) is 5.02 Å². The summed E-state index contributed by atoms with van der Waals surface area (Å²) in [5.74, 6) is 0.290. The fourth-order valence-electron chi connectivity index (χ4n) is 1.64. The molecule has 0 spiro atoms. The van der Waals surface area contributed by atoms with Gasteiger partial charge in [0.1, 0.15) is 0 Å². The van der Waals surface area contributed by atoms with Crippen LogP contribution in [0, 0.1) is 0 Å². The van der Waals surface area contributed by atoms with E-state index >= 15 is 0 Å². The molecule has 0 fully saturated rings. The molecule has 0 aliphatic carbocycles. The lowest BCUT2D eigenvalue weighted by molar-refractivity contribution is 0.185. The van der Waals surface area contributed by atoms with E-state index in [0.29, 0.717) is 16.4 Å². The lowest BCUT2D eigenvalue weighted by Gasteiger charge is -2.09. The maximum atomic E-state index is 11.5. The van der Waals surface area contributed by atoms with E-state index in [1.165, 1.54) is 24.1 Å². The van der Waals surface area contributed by atoms with Crippen molar-refractivity contribution in [3.8, 4) is 11.4 Å². The molecule has 0 aliphatic rings. The highest BCUT2D eigenvalue weighted by molar-refractivity contribution is 7.89. The first kappa shape index (κ1) is 14.9. The van der Waals surface area contributed by atoms with Gasteiger partial charge in [0.25, 0.3) is 15.2 Å². The van der Waals surface area contributed by atoms with Crippen molar-refractivity contribution in [2.24, 2.45) is 5.14 Å². The molecular formula is C10H12ClN5O3S. The Morgan fingerprint density at radius 1 is 1.45 bits per heavy atom. The van der Waals surface area contributed by atoms with Crippen LogP contribution in [0.5, 0.6) is 0 Å². The van der Waals surface area contributed by atoms with Gasteiger partial charge in [-0.05, 0) is 6.07 Å². The molecule has 2 aromatic rings. The number of rotatable bonds is 5. The number of ether oxygens (including phenoxy) is 1. The SMILES string of the molecule is COCCn1c(-c2ccncc2Cl)nnc1S(N)(=O)=O. The van der Waals surface area contributed by atoms with Crippen LogP contribution in [0.15, 0.2) is 23.6 Å². The molecule has 0 atom stereocenters. The lowest BCUT2D eigenvalue weighted by Crippen LogP contribution is -2.20. The monoisotopic (exact) mass is 317 g/mol. The van der Waals surface area contributed by atoms with Crippen molar-refractivity contribution >= 4 is 21.6 Å². The van der Waals surface area contributed by atoms with Gasteiger partial charge in [-0.15, -0.1) is 10.2 Å². The number of aromatic nitrogens is 4. The number of nitrogens with two attached hydrogens (primary N) is 1. The number of nitrogens with zero attached hydrogens (tertiary/aromatic N) is 4. The molecule has 0 bridgehead atoms. The highest BCUT2D eigenvalue weighted by Gasteiger charge is 2.22. The maximum Gasteiger partial charge on any atom is 0.273 e. The molecular weight excluding hydrogens is 306 g/mol. The van der Waals surface area contributed by atoms with Crippen LogP contribution >= 0.6 is 11.6 Å². The van der Waals surface area contributed by atoms with Gasteiger partial charge in [0, 0.05) is 25.1 Å². The van der Waals surface area contributed by atoms with Gasteiger partial charge >= 0.3 is 0 Å². The first-order chi connectivity index (χ1) is 9.45. The standard InChI is InChI=1S/C10H12ClN5O3S/c1-19-5-4-16-9(7-2-3-13-6-8(7)11)14-15-10(16)20(12,17)18/h2-3,6H,4-5H2,1H3,(H2,12,17,18). The van der Waals surface area contributed by atoms with Gasteiger partial charge in [-0.3, -0.25) is 9.55 Å². The Hall–Kier alpha value is -1.55. The first-order valence-electron chi connectivity index (χ1n) is 5.50. The zero-order chi connectivity index (χ0) is 14.8. The lowest BCUT2D eigenvalue weighted by atomic mass is 10.2. The van der Waals surface area contributed by atoms with Crippen molar-refractivity contribution in [1.82, 2.24) is 19.7 Å². The summed E-state index contributed by atoms with van der Waals surface area (Å²) >= 11 is 6.03.